The van der Waals surface area contributed by atoms with E-state index in [0.717, 1.165) is 17.7 Å². The molecule has 0 aliphatic heterocycles. The van der Waals surface area contributed by atoms with Crippen molar-refractivity contribution in [1.82, 2.24) is 9.88 Å². The number of hydrogen-bond donors (Lipinski definition) is 1. The van der Waals surface area contributed by atoms with Crippen LogP contribution in [-0.2, 0) is 13.0 Å². The monoisotopic (exact) mass is 319 g/mol. The van der Waals surface area contributed by atoms with E-state index >= 15 is 0 Å². The van der Waals surface area contributed by atoms with E-state index in [2.05, 4.69) is 18.3 Å². The van der Waals surface area contributed by atoms with Crippen LogP contribution in [0.15, 0.2) is 59.3 Å². The van der Waals surface area contributed by atoms with Gasteiger partial charge in [0, 0.05) is 11.9 Å². The molecular formula is C19H17N3O2. The first kappa shape index (κ1) is 15.6. The molecule has 0 unspecified atom stereocenters. The van der Waals surface area contributed by atoms with Crippen molar-refractivity contribution in [2.45, 2.75) is 19.9 Å². The first-order valence-electron chi connectivity index (χ1n) is 7.75. The highest BCUT2D eigenvalue weighted by molar-refractivity contribution is 5.95. The summed E-state index contributed by atoms with van der Waals surface area (Å²) in [6, 6.07) is 15.2. The number of aromatic nitrogens is 1. The van der Waals surface area contributed by atoms with Crippen LogP contribution >= 0.6 is 0 Å². The van der Waals surface area contributed by atoms with Crippen molar-refractivity contribution in [1.29, 1.82) is 5.26 Å². The van der Waals surface area contributed by atoms with Gasteiger partial charge in [-0.25, -0.2) is 0 Å². The molecule has 0 aliphatic rings. The molecule has 3 rings (SSSR count). The first-order valence-corrected chi connectivity index (χ1v) is 7.75. The number of amides is 1. The van der Waals surface area contributed by atoms with Gasteiger partial charge in [0.15, 0.2) is 0 Å². The van der Waals surface area contributed by atoms with Gasteiger partial charge < -0.3 is 14.3 Å². The molecule has 0 fully saturated rings. The third-order valence-electron chi connectivity index (χ3n) is 3.86. The van der Waals surface area contributed by atoms with E-state index < -0.39 is 0 Å². The zero-order chi connectivity index (χ0) is 16.9. The Kier molecular flexibility index (Phi) is 4.48. The average Bonchev–Trinajstić information content (AvgIpc) is 3.28. The van der Waals surface area contributed by atoms with Crippen molar-refractivity contribution in [3.8, 4) is 11.8 Å². The van der Waals surface area contributed by atoms with E-state index in [4.69, 9.17) is 4.42 Å². The summed E-state index contributed by atoms with van der Waals surface area (Å²) >= 11 is 0. The van der Waals surface area contributed by atoms with Gasteiger partial charge in [-0.2, -0.15) is 5.26 Å². The molecule has 0 aliphatic carbocycles. The number of hydrogen-bond acceptors (Lipinski definition) is 3. The second-order valence-electron chi connectivity index (χ2n) is 5.30. The van der Waals surface area contributed by atoms with Crippen LogP contribution < -0.4 is 5.32 Å². The third-order valence-corrected chi connectivity index (χ3v) is 3.86. The fourth-order valence-corrected chi connectivity index (χ4v) is 2.66. The number of nitriles is 1. The Labute approximate surface area is 140 Å². The molecule has 2 heterocycles. The number of nitrogens with one attached hydrogen (secondary N) is 1. The lowest BCUT2D eigenvalue weighted by molar-refractivity contribution is 0.0941. The van der Waals surface area contributed by atoms with Crippen molar-refractivity contribution < 1.29 is 9.21 Å². The molecule has 24 heavy (non-hydrogen) atoms. The Balaban J connectivity index is 1.96. The van der Waals surface area contributed by atoms with Crippen molar-refractivity contribution in [2.24, 2.45) is 0 Å². The quantitative estimate of drug-likeness (QED) is 0.783. The summed E-state index contributed by atoms with van der Waals surface area (Å²) in [5.41, 5.74) is 2.70. The van der Waals surface area contributed by atoms with Crippen LogP contribution in [0.3, 0.4) is 0 Å². The van der Waals surface area contributed by atoms with Gasteiger partial charge in [0.25, 0.3) is 5.91 Å². The summed E-state index contributed by atoms with van der Waals surface area (Å²) in [4.78, 5) is 12.6. The normalized spacial score (nSPS) is 10.3. The van der Waals surface area contributed by atoms with Crippen LogP contribution in [0.25, 0.3) is 5.69 Å². The minimum Gasteiger partial charge on any atom is -0.467 e. The number of benzene rings is 1. The Hall–Kier alpha value is -3.26. The maximum absolute atomic E-state index is 12.6. The topological polar surface area (TPSA) is 71.0 Å². The molecule has 0 radical (unpaired) electrons. The largest absolute Gasteiger partial charge is 0.467 e. The number of rotatable bonds is 5. The van der Waals surface area contributed by atoms with Crippen LogP contribution in [0.5, 0.6) is 0 Å². The highest BCUT2D eigenvalue weighted by Gasteiger charge is 2.19. The van der Waals surface area contributed by atoms with Gasteiger partial charge in [-0.3, -0.25) is 4.79 Å². The molecular weight excluding hydrogens is 302 g/mol. The van der Waals surface area contributed by atoms with Gasteiger partial charge in [-0.15, -0.1) is 0 Å². The molecule has 1 amide bonds. The Morgan fingerprint density at radius 2 is 2.08 bits per heavy atom. The lowest BCUT2D eigenvalue weighted by Crippen LogP contribution is -2.26. The molecule has 0 bridgehead atoms. The van der Waals surface area contributed by atoms with Crippen LogP contribution in [0.4, 0.5) is 0 Å². The number of carbonyl (C=O) groups excluding carboxylic acids is 1. The fraction of sp³-hybridized carbons (Fsp3) is 0.158. The van der Waals surface area contributed by atoms with E-state index in [0.29, 0.717) is 17.0 Å². The summed E-state index contributed by atoms with van der Waals surface area (Å²) in [6.45, 7) is 2.33. The molecule has 0 saturated heterocycles. The summed E-state index contributed by atoms with van der Waals surface area (Å²) < 4.78 is 7.00. The highest BCUT2D eigenvalue weighted by Crippen LogP contribution is 2.21. The van der Waals surface area contributed by atoms with Crippen molar-refractivity contribution in [3.63, 3.8) is 0 Å². The molecule has 5 heteroatoms. The van der Waals surface area contributed by atoms with E-state index in [1.807, 2.05) is 24.3 Å². The maximum atomic E-state index is 12.6. The van der Waals surface area contributed by atoms with Crippen LogP contribution in [0.1, 0.15) is 34.3 Å². The second kappa shape index (κ2) is 6.88. The zero-order valence-electron chi connectivity index (χ0n) is 13.3. The zero-order valence-corrected chi connectivity index (χ0v) is 13.3. The molecule has 1 N–H and O–H groups in total. The van der Waals surface area contributed by atoms with Gasteiger partial charge in [-0.05, 0) is 36.2 Å². The van der Waals surface area contributed by atoms with E-state index in [1.54, 1.807) is 35.2 Å². The SMILES string of the molecule is CCc1ccccc1-n1ccc(C#N)c1C(=O)NCc1ccco1. The standard InChI is InChI=1S/C19H17N3O2/c1-2-14-6-3-4-8-17(14)22-10-9-15(12-20)18(22)19(23)21-13-16-7-5-11-24-16/h3-11H,2,13H2,1H3,(H,21,23). The van der Waals surface area contributed by atoms with E-state index in [-0.39, 0.29) is 12.5 Å². The average molecular weight is 319 g/mol. The van der Waals surface area contributed by atoms with Crippen LogP contribution in [0, 0.1) is 11.3 Å². The molecule has 2 aromatic heterocycles. The number of aryl methyl sites for hydroxylation is 1. The number of carbonyl (C=O) groups is 1. The van der Waals surface area contributed by atoms with Gasteiger partial charge in [0.1, 0.15) is 17.5 Å². The van der Waals surface area contributed by atoms with E-state index in [1.165, 1.54) is 0 Å². The minimum atomic E-state index is -0.307. The van der Waals surface area contributed by atoms with Gasteiger partial charge in [-0.1, -0.05) is 25.1 Å². The predicted octanol–water partition coefficient (Wildman–Crippen LogP) is 3.43. The molecule has 5 nitrogen and oxygen atoms in total. The van der Waals surface area contributed by atoms with Crippen LogP contribution in [-0.4, -0.2) is 10.5 Å². The summed E-state index contributed by atoms with van der Waals surface area (Å²) in [7, 11) is 0. The van der Waals surface area contributed by atoms with E-state index in [9.17, 15) is 10.1 Å². The molecule has 0 spiro atoms. The lowest BCUT2D eigenvalue weighted by Gasteiger charge is -2.13. The Bertz CT molecular complexity index is 886. The fourth-order valence-electron chi connectivity index (χ4n) is 2.66. The van der Waals surface area contributed by atoms with Gasteiger partial charge >= 0.3 is 0 Å². The maximum Gasteiger partial charge on any atom is 0.270 e. The lowest BCUT2D eigenvalue weighted by atomic mass is 10.1. The number of nitrogens with zero attached hydrogens (tertiary/aromatic N) is 2. The summed E-state index contributed by atoms with van der Waals surface area (Å²) in [5, 5.41) is 12.1. The molecule has 120 valence electrons. The minimum absolute atomic E-state index is 0.275. The molecule has 3 aromatic rings. The second-order valence-corrected chi connectivity index (χ2v) is 5.30. The predicted molar refractivity (Wildman–Crippen MR) is 89.7 cm³/mol. The van der Waals surface area contributed by atoms with Crippen molar-refractivity contribution >= 4 is 5.91 Å². The first-order chi connectivity index (χ1) is 11.7. The van der Waals surface area contributed by atoms with Crippen molar-refractivity contribution in [2.75, 3.05) is 0 Å². The Morgan fingerprint density at radius 3 is 2.79 bits per heavy atom. The van der Waals surface area contributed by atoms with Crippen LogP contribution in [0.2, 0.25) is 0 Å². The highest BCUT2D eigenvalue weighted by atomic mass is 16.3. The number of para-hydroxylation sites is 1. The summed E-state index contributed by atoms with van der Waals surface area (Å²) in [6.07, 6.45) is 4.15. The smallest absolute Gasteiger partial charge is 0.270 e. The number of furan rings is 1. The molecule has 0 atom stereocenters. The van der Waals surface area contributed by atoms with Gasteiger partial charge in [0.05, 0.1) is 18.4 Å². The molecule has 1 aromatic carbocycles. The van der Waals surface area contributed by atoms with Gasteiger partial charge in [0.2, 0.25) is 0 Å². The van der Waals surface area contributed by atoms with Crippen molar-refractivity contribution in [3.05, 3.63) is 77.5 Å². The Morgan fingerprint density at radius 1 is 1.25 bits per heavy atom. The summed E-state index contributed by atoms with van der Waals surface area (Å²) in [5.74, 6) is 0.354. The third kappa shape index (κ3) is 2.95. The molecule has 0 saturated carbocycles.